The van der Waals surface area contributed by atoms with Crippen LogP contribution in [0.2, 0.25) is 0 Å². The van der Waals surface area contributed by atoms with E-state index in [-0.39, 0.29) is 18.9 Å². The van der Waals surface area contributed by atoms with Crippen LogP contribution in [0.5, 0.6) is 5.75 Å². The average Bonchev–Trinajstić information content (AvgIpc) is 2.41. The summed E-state index contributed by atoms with van der Waals surface area (Å²) in [6.07, 6.45) is -3.33. The normalized spacial score (nSPS) is 13.0. The highest BCUT2D eigenvalue weighted by Crippen LogP contribution is 2.35. The molecule has 2 N–H and O–H groups in total. The van der Waals surface area contributed by atoms with Gasteiger partial charge in [0.15, 0.2) is 0 Å². The molecule has 1 unspecified atom stereocenters. The molecule has 0 bridgehead atoms. The molecule has 4 nitrogen and oxygen atoms in total. The first kappa shape index (κ1) is 17.3. The number of benzene rings is 1. The quantitative estimate of drug-likeness (QED) is 0.725. The van der Waals surface area contributed by atoms with Crippen LogP contribution in [-0.4, -0.2) is 30.3 Å². The second-order valence-electron chi connectivity index (χ2n) is 4.48. The van der Waals surface area contributed by atoms with Crippen LogP contribution in [0.25, 0.3) is 0 Å². The van der Waals surface area contributed by atoms with Gasteiger partial charge >= 0.3 is 12.1 Å². The highest BCUT2D eigenvalue weighted by Gasteiger charge is 2.33. The third kappa shape index (κ3) is 5.63. The van der Waals surface area contributed by atoms with Crippen molar-refractivity contribution in [3.05, 3.63) is 29.8 Å². The lowest BCUT2D eigenvalue weighted by Gasteiger charge is -2.16. The molecule has 1 aromatic rings. The summed E-state index contributed by atoms with van der Waals surface area (Å²) in [5.74, 6) is -1.23. The Bertz CT molecular complexity index is 463. The summed E-state index contributed by atoms with van der Waals surface area (Å²) < 4.78 is 43.3. The molecule has 0 saturated heterocycles. The van der Waals surface area contributed by atoms with Crippen molar-refractivity contribution in [1.82, 2.24) is 5.32 Å². The fourth-order valence-corrected chi connectivity index (χ4v) is 1.82. The van der Waals surface area contributed by atoms with Gasteiger partial charge in [-0.25, -0.2) is 0 Å². The molecule has 0 amide bonds. The number of nitrogens with one attached hydrogen (secondary N) is 1. The Kier molecular flexibility index (Phi) is 6.48. The maximum absolute atomic E-state index is 12.7. The molecule has 118 valence electrons. The molecule has 0 aliphatic rings. The van der Waals surface area contributed by atoms with Gasteiger partial charge in [-0.05, 0) is 18.6 Å². The van der Waals surface area contributed by atoms with Gasteiger partial charge in [0.2, 0.25) is 0 Å². The predicted molar refractivity (Wildman–Crippen MR) is 71.3 cm³/mol. The van der Waals surface area contributed by atoms with Crippen molar-refractivity contribution in [2.24, 2.45) is 0 Å². The first-order valence-electron chi connectivity index (χ1n) is 6.61. The maximum atomic E-state index is 12.7. The van der Waals surface area contributed by atoms with Gasteiger partial charge in [0.25, 0.3) is 0 Å². The van der Waals surface area contributed by atoms with Crippen LogP contribution in [0.3, 0.4) is 0 Å². The van der Waals surface area contributed by atoms with Crippen LogP contribution in [0.4, 0.5) is 13.2 Å². The van der Waals surface area contributed by atoms with Crippen LogP contribution in [0.15, 0.2) is 24.3 Å². The lowest BCUT2D eigenvalue weighted by Crippen LogP contribution is -2.38. The molecule has 1 atom stereocenters. The van der Waals surface area contributed by atoms with Crippen LogP contribution in [-0.2, 0) is 11.0 Å². The summed E-state index contributed by atoms with van der Waals surface area (Å²) in [6.45, 7) is 1.97. The van der Waals surface area contributed by atoms with E-state index in [0.717, 1.165) is 6.07 Å². The molecule has 0 fully saturated rings. The van der Waals surface area contributed by atoms with Crippen LogP contribution >= 0.6 is 0 Å². The number of carbonyl (C=O) groups is 1. The summed E-state index contributed by atoms with van der Waals surface area (Å²) in [7, 11) is 0. The number of hydrogen-bond donors (Lipinski definition) is 2. The Hall–Kier alpha value is -1.76. The Balaban J connectivity index is 2.51. The number of para-hydroxylation sites is 1. The molecule has 0 radical (unpaired) electrons. The Morgan fingerprint density at radius 3 is 2.62 bits per heavy atom. The van der Waals surface area contributed by atoms with Gasteiger partial charge in [0.05, 0.1) is 5.56 Å². The zero-order valence-electron chi connectivity index (χ0n) is 11.6. The van der Waals surface area contributed by atoms with Gasteiger partial charge in [-0.3, -0.25) is 4.79 Å². The molecule has 0 heterocycles. The Morgan fingerprint density at radius 1 is 1.38 bits per heavy atom. The second-order valence-corrected chi connectivity index (χ2v) is 4.48. The van der Waals surface area contributed by atoms with E-state index in [9.17, 15) is 18.0 Å². The van der Waals surface area contributed by atoms with Gasteiger partial charge in [0.1, 0.15) is 18.4 Å². The van der Waals surface area contributed by atoms with Crippen molar-refractivity contribution in [2.45, 2.75) is 32.0 Å². The lowest BCUT2D eigenvalue weighted by atomic mass is 10.2. The largest absolute Gasteiger partial charge is 0.492 e. The van der Waals surface area contributed by atoms with Crippen molar-refractivity contribution in [3.63, 3.8) is 0 Å². The van der Waals surface area contributed by atoms with E-state index < -0.39 is 23.8 Å². The van der Waals surface area contributed by atoms with Gasteiger partial charge in [-0.15, -0.1) is 0 Å². The van der Waals surface area contributed by atoms with Crippen molar-refractivity contribution in [3.8, 4) is 5.75 Å². The number of hydrogen-bond acceptors (Lipinski definition) is 3. The minimum absolute atomic E-state index is 0.0411. The van der Waals surface area contributed by atoms with E-state index in [2.05, 4.69) is 5.32 Å². The third-order valence-electron chi connectivity index (χ3n) is 2.82. The number of ether oxygens (including phenoxy) is 1. The summed E-state index contributed by atoms with van der Waals surface area (Å²) in [5, 5.41) is 11.7. The van der Waals surface area contributed by atoms with Gasteiger partial charge in [-0.2, -0.15) is 13.2 Å². The smallest absolute Gasteiger partial charge is 0.419 e. The monoisotopic (exact) mass is 305 g/mol. The Morgan fingerprint density at radius 2 is 2.05 bits per heavy atom. The number of carboxylic acids is 1. The van der Waals surface area contributed by atoms with Crippen LogP contribution < -0.4 is 10.1 Å². The summed E-state index contributed by atoms with van der Waals surface area (Å²) in [4.78, 5) is 10.9. The molecular formula is C14H18F3NO3. The minimum atomic E-state index is -4.48. The van der Waals surface area contributed by atoms with Crippen molar-refractivity contribution < 1.29 is 27.8 Å². The molecule has 7 heteroatoms. The third-order valence-corrected chi connectivity index (χ3v) is 2.82. The summed E-state index contributed by atoms with van der Waals surface area (Å²) >= 11 is 0. The Labute approximate surface area is 120 Å². The van der Waals surface area contributed by atoms with E-state index in [1.54, 1.807) is 0 Å². The van der Waals surface area contributed by atoms with E-state index in [4.69, 9.17) is 9.84 Å². The molecule has 0 aliphatic carbocycles. The zero-order chi connectivity index (χ0) is 15.9. The second kappa shape index (κ2) is 7.87. The number of rotatable bonds is 8. The number of alkyl halides is 3. The van der Waals surface area contributed by atoms with E-state index in [1.165, 1.54) is 18.2 Å². The first-order chi connectivity index (χ1) is 9.86. The standard InChI is InChI=1S/C14H18F3NO3/c1-2-5-11(13(19)20)18-8-9-21-12-7-4-3-6-10(12)14(15,16)17/h3-4,6-7,11,18H,2,5,8-9H2,1H3,(H,19,20). The molecule has 1 rings (SSSR count). The SMILES string of the molecule is CCCC(NCCOc1ccccc1C(F)(F)F)C(=O)O. The average molecular weight is 305 g/mol. The lowest BCUT2D eigenvalue weighted by molar-refractivity contribution is -0.139. The highest BCUT2D eigenvalue weighted by molar-refractivity contribution is 5.73. The molecule has 0 aromatic heterocycles. The first-order valence-corrected chi connectivity index (χ1v) is 6.61. The van der Waals surface area contributed by atoms with E-state index in [1.807, 2.05) is 6.92 Å². The highest BCUT2D eigenvalue weighted by atomic mass is 19.4. The molecule has 0 spiro atoms. The van der Waals surface area contributed by atoms with Crippen molar-refractivity contribution in [2.75, 3.05) is 13.2 Å². The maximum Gasteiger partial charge on any atom is 0.419 e. The fraction of sp³-hybridized carbons (Fsp3) is 0.500. The van der Waals surface area contributed by atoms with Crippen molar-refractivity contribution >= 4 is 5.97 Å². The zero-order valence-corrected chi connectivity index (χ0v) is 11.6. The summed E-state index contributed by atoms with van der Waals surface area (Å²) in [6, 6.07) is 4.21. The topological polar surface area (TPSA) is 58.6 Å². The number of aliphatic carboxylic acids is 1. The number of carboxylic acid groups (broad SMARTS) is 1. The molecule has 0 saturated carbocycles. The number of halogens is 3. The van der Waals surface area contributed by atoms with Crippen LogP contribution in [0.1, 0.15) is 25.3 Å². The minimum Gasteiger partial charge on any atom is -0.492 e. The molecular weight excluding hydrogens is 287 g/mol. The van der Waals surface area contributed by atoms with Crippen molar-refractivity contribution in [1.29, 1.82) is 0 Å². The predicted octanol–water partition coefficient (Wildman–Crippen LogP) is 2.93. The van der Waals surface area contributed by atoms with E-state index in [0.29, 0.717) is 12.8 Å². The fourth-order valence-electron chi connectivity index (χ4n) is 1.82. The molecule has 1 aromatic carbocycles. The molecule has 0 aliphatic heterocycles. The van der Waals surface area contributed by atoms with Crippen LogP contribution in [0, 0.1) is 0 Å². The van der Waals surface area contributed by atoms with Gasteiger partial charge < -0.3 is 15.2 Å². The van der Waals surface area contributed by atoms with Gasteiger partial charge in [0, 0.05) is 6.54 Å². The van der Waals surface area contributed by atoms with E-state index >= 15 is 0 Å². The molecule has 21 heavy (non-hydrogen) atoms. The summed E-state index contributed by atoms with van der Waals surface area (Å²) in [5.41, 5.74) is -0.839. The van der Waals surface area contributed by atoms with Gasteiger partial charge in [-0.1, -0.05) is 25.5 Å².